The Hall–Kier alpha value is -2.70. The number of pyridine rings is 1. The second kappa shape index (κ2) is 4.76. The zero-order valence-electron chi connectivity index (χ0n) is 10.9. The Balaban J connectivity index is 3.01. The molecule has 1 N–H and O–H groups in total. The number of non-ortho nitro benzene ring substituents is 1. The van der Waals surface area contributed by atoms with Crippen LogP contribution in [-0.4, -0.2) is 20.4 Å². The predicted octanol–water partition coefficient (Wildman–Crippen LogP) is 1.84. The summed E-state index contributed by atoms with van der Waals surface area (Å²) in [5, 5.41) is 21.0. The molecule has 7 nitrogen and oxygen atoms in total. The standard InChI is InChI=1S/C13H12N2O5/c1-3-14-10-5-4-8(15(19)20)6-9(10)12(17)11(7(2)16)13(14)18/h4-6,17H,3H2,1-2H3. The molecule has 2 rings (SSSR count). The smallest absolute Gasteiger partial charge is 0.270 e. The van der Waals surface area contributed by atoms with Gasteiger partial charge in [-0.1, -0.05) is 0 Å². The highest BCUT2D eigenvalue weighted by Gasteiger charge is 2.20. The van der Waals surface area contributed by atoms with Gasteiger partial charge in [-0.3, -0.25) is 19.7 Å². The molecule has 0 atom stereocenters. The second-order valence-electron chi connectivity index (χ2n) is 4.29. The van der Waals surface area contributed by atoms with Crippen molar-refractivity contribution in [3.05, 3.63) is 44.2 Å². The van der Waals surface area contributed by atoms with Crippen LogP contribution in [0.25, 0.3) is 10.9 Å². The SMILES string of the molecule is CCn1c(=O)c(C(C)=O)c(O)c2cc([N+](=O)[O-])ccc21. The van der Waals surface area contributed by atoms with E-state index in [0.29, 0.717) is 5.52 Å². The van der Waals surface area contributed by atoms with Gasteiger partial charge in [0.1, 0.15) is 11.3 Å². The summed E-state index contributed by atoms with van der Waals surface area (Å²) in [4.78, 5) is 33.8. The topological polar surface area (TPSA) is 102 Å². The van der Waals surface area contributed by atoms with Crippen molar-refractivity contribution in [3.63, 3.8) is 0 Å². The van der Waals surface area contributed by atoms with Crippen molar-refractivity contribution < 1.29 is 14.8 Å². The van der Waals surface area contributed by atoms with E-state index in [1.165, 1.54) is 23.6 Å². The average Bonchev–Trinajstić information content (AvgIpc) is 2.38. The highest BCUT2D eigenvalue weighted by atomic mass is 16.6. The van der Waals surface area contributed by atoms with Crippen LogP contribution in [-0.2, 0) is 6.54 Å². The van der Waals surface area contributed by atoms with Gasteiger partial charge in [0.15, 0.2) is 5.78 Å². The molecular formula is C13H12N2O5. The molecule has 1 aromatic carbocycles. The highest BCUT2D eigenvalue weighted by molar-refractivity contribution is 6.02. The quantitative estimate of drug-likeness (QED) is 0.523. The number of aromatic hydroxyl groups is 1. The number of benzene rings is 1. The van der Waals surface area contributed by atoms with Crippen molar-refractivity contribution >= 4 is 22.4 Å². The summed E-state index contributed by atoms with van der Waals surface area (Å²) in [5.41, 5.74) is -0.812. The lowest BCUT2D eigenvalue weighted by Gasteiger charge is -2.12. The van der Waals surface area contributed by atoms with Crippen molar-refractivity contribution in [2.75, 3.05) is 0 Å². The van der Waals surface area contributed by atoms with Gasteiger partial charge in [-0.2, -0.15) is 0 Å². The lowest BCUT2D eigenvalue weighted by atomic mass is 10.1. The Morgan fingerprint density at radius 3 is 2.60 bits per heavy atom. The Labute approximate surface area is 113 Å². The maximum Gasteiger partial charge on any atom is 0.270 e. The molecule has 0 fully saturated rings. The van der Waals surface area contributed by atoms with Crippen LogP contribution in [0.5, 0.6) is 5.75 Å². The van der Waals surface area contributed by atoms with Crippen LogP contribution in [0.3, 0.4) is 0 Å². The minimum Gasteiger partial charge on any atom is -0.506 e. The minimum atomic E-state index is -0.603. The van der Waals surface area contributed by atoms with Gasteiger partial charge in [0.2, 0.25) is 0 Å². The molecule has 0 aliphatic carbocycles. The van der Waals surface area contributed by atoms with Gasteiger partial charge in [-0.25, -0.2) is 0 Å². The Morgan fingerprint density at radius 1 is 1.45 bits per heavy atom. The first kappa shape index (κ1) is 13.7. The lowest BCUT2D eigenvalue weighted by molar-refractivity contribution is -0.384. The van der Waals surface area contributed by atoms with Gasteiger partial charge in [0.05, 0.1) is 10.4 Å². The molecule has 0 unspecified atom stereocenters. The molecule has 1 aromatic heterocycles. The number of carbonyl (C=O) groups excluding carboxylic acids is 1. The maximum atomic E-state index is 12.1. The molecule has 0 amide bonds. The van der Waals surface area contributed by atoms with Gasteiger partial charge in [0, 0.05) is 24.1 Å². The van der Waals surface area contributed by atoms with E-state index in [1.807, 2.05) is 0 Å². The molecule has 0 aliphatic heterocycles. The summed E-state index contributed by atoms with van der Waals surface area (Å²) in [6.07, 6.45) is 0. The summed E-state index contributed by atoms with van der Waals surface area (Å²) in [6.45, 7) is 3.16. The fourth-order valence-corrected chi connectivity index (χ4v) is 2.17. The molecule has 2 aromatic rings. The van der Waals surface area contributed by atoms with Gasteiger partial charge in [0.25, 0.3) is 11.2 Å². The summed E-state index contributed by atoms with van der Waals surface area (Å²) in [5.74, 6) is -1.09. The predicted molar refractivity (Wildman–Crippen MR) is 72.2 cm³/mol. The molecule has 0 saturated carbocycles. The van der Waals surface area contributed by atoms with Gasteiger partial charge in [-0.15, -0.1) is 0 Å². The van der Waals surface area contributed by atoms with E-state index in [4.69, 9.17) is 0 Å². The van der Waals surface area contributed by atoms with Crippen LogP contribution in [0.15, 0.2) is 23.0 Å². The fourth-order valence-electron chi connectivity index (χ4n) is 2.17. The number of carbonyl (C=O) groups is 1. The number of rotatable bonds is 3. The van der Waals surface area contributed by atoms with Gasteiger partial charge >= 0.3 is 0 Å². The molecule has 0 bridgehead atoms. The van der Waals surface area contributed by atoms with Crippen LogP contribution >= 0.6 is 0 Å². The number of nitro benzene ring substituents is 1. The number of nitro groups is 1. The number of fused-ring (bicyclic) bond motifs is 1. The van der Waals surface area contributed by atoms with Crippen LogP contribution < -0.4 is 5.56 Å². The molecule has 104 valence electrons. The van der Waals surface area contributed by atoms with E-state index in [-0.39, 0.29) is 23.2 Å². The lowest BCUT2D eigenvalue weighted by Crippen LogP contribution is -2.25. The number of nitrogens with zero attached hydrogens (tertiary/aromatic N) is 2. The number of hydrogen-bond acceptors (Lipinski definition) is 5. The van der Waals surface area contributed by atoms with E-state index in [9.17, 15) is 24.8 Å². The summed E-state index contributed by atoms with van der Waals surface area (Å²) in [7, 11) is 0. The average molecular weight is 276 g/mol. The van der Waals surface area contributed by atoms with E-state index < -0.39 is 22.0 Å². The Kier molecular flexibility index (Phi) is 3.27. The summed E-state index contributed by atoms with van der Waals surface area (Å²) >= 11 is 0. The number of ketones is 1. The molecule has 7 heteroatoms. The molecule has 0 saturated heterocycles. The second-order valence-corrected chi connectivity index (χ2v) is 4.29. The first-order valence-electron chi connectivity index (χ1n) is 5.93. The van der Waals surface area contributed by atoms with Crippen molar-refractivity contribution in [2.45, 2.75) is 20.4 Å². The number of hydrogen-bond donors (Lipinski definition) is 1. The first-order valence-corrected chi connectivity index (χ1v) is 5.93. The first-order chi connectivity index (χ1) is 9.38. The largest absolute Gasteiger partial charge is 0.506 e. The summed E-state index contributed by atoms with van der Waals surface area (Å²) < 4.78 is 1.30. The highest BCUT2D eigenvalue weighted by Crippen LogP contribution is 2.29. The van der Waals surface area contributed by atoms with Crippen molar-refractivity contribution in [1.82, 2.24) is 4.57 Å². The third-order valence-electron chi connectivity index (χ3n) is 3.10. The minimum absolute atomic E-state index is 0.117. The molecule has 0 aliphatic rings. The summed E-state index contributed by atoms with van der Waals surface area (Å²) in [6, 6.07) is 3.80. The van der Waals surface area contributed by atoms with Crippen LogP contribution in [0, 0.1) is 10.1 Å². The zero-order valence-corrected chi connectivity index (χ0v) is 10.9. The van der Waals surface area contributed by atoms with Crippen LogP contribution in [0.4, 0.5) is 5.69 Å². The van der Waals surface area contributed by atoms with Crippen LogP contribution in [0.2, 0.25) is 0 Å². The van der Waals surface area contributed by atoms with Gasteiger partial charge < -0.3 is 9.67 Å². The van der Waals surface area contributed by atoms with E-state index in [1.54, 1.807) is 6.92 Å². The zero-order chi connectivity index (χ0) is 15.0. The molecule has 0 radical (unpaired) electrons. The van der Waals surface area contributed by atoms with Gasteiger partial charge in [-0.05, 0) is 19.9 Å². The molecular weight excluding hydrogens is 264 g/mol. The van der Waals surface area contributed by atoms with E-state index >= 15 is 0 Å². The molecule has 1 heterocycles. The van der Waals surface area contributed by atoms with E-state index in [2.05, 4.69) is 0 Å². The monoisotopic (exact) mass is 276 g/mol. The normalized spacial score (nSPS) is 10.7. The number of Topliss-reactive ketones (excluding diaryl/α,β-unsaturated/α-hetero) is 1. The van der Waals surface area contributed by atoms with Crippen molar-refractivity contribution in [1.29, 1.82) is 0 Å². The number of aromatic nitrogens is 1. The number of aryl methyl sites for hydroxylation is 1. The Morgan fingerprint density at radius 2 is 2.10 bits per heavy atom. The van der Waals surface area contributed by atoms with Crippen molar-refractivity contribution in [2.24, 2.45) is 0 Å². The fraction of sp³-hybridized carbons (Fsp3) is 0.231. The Bertz CT molecular complexity index is 791. The molecule has 0 spiro atoms. The van der Waals surface area contributed by atoms with Crippen LogP contribution in [0.1, 0.15) is 24.2 Å². The third kappa shape index (κ3) is 1.93. The molecule has 20 heavy (non-hydrogen) atoms. The van der Waals surface area contributed by atoms with E-state index in [0.717, 1.165) is 6.07 Å². The maximum absolute atomic E-state index is 12.1. The van der Waals surface area contributed by atoms with Crippen molar-refractivity contribution in [3.8, 4) is 5.75 Å². The third-order valence-corrected chi connectivity index (χ3v) is 3.10.